The third-order valence-corrected chi connectivity index (χ3v) is 6.05. The molecule has 3 aromatic heterocycles. The van der Waals surface area contributed by atoms with Crippen molar-refractivity contribution in [2.75, 3.05) is 11.5 Å². The molecular weight excluding hydrogens is 389 g/mol. The first-order valence-corrected chi connectivity index (χ1v) is 11.2. The van der Waals surface area contributed by atoms with Crippen molar-refractivity contribution in [3.63, 3.8) is 0 Å². The summed E-state index contributed by atoms with van der Waals surface area (Å²) >= 11 is 3.47. The van der Waals surface area contributed by atoms with Crippen molar-refractivity contribution >= 4 is 29.0 Å². The number of nitrogens with zero attached hydrogens (tertiary/aromatic N) is 3. The summed E-state index contributed by atoms with van der Waals surface area (Å²) < 4.78 is 15.5. The van der Waals surface area contributed by atoms with Crippen LogP contribution < -0.4 is 0 Å². The molecule has 0 bridgehead atoms. The summed E-state index contributed by atoms with van der Waals surface area (Å²) in [7, 11) is 0. The average Bonchev–Trinajstić information content (AvgIpc) is 3.10. The SMILES string of the molecule is CCSc1cc(-c2c(-c3ccc(F)cc3)nn3c(SCC)cccc23)ccn1. The Morgan fingerprint density at radius 2 is 1.71 bits per heavy atom. The van der Waals surface area contributed by atoms with Crippen LogP contribution >= 0.6 is 23.5 Å². The lowest BCUT2D eigenvalue weighted by Crippen LogP contribution is -1.92. The van der Waals surface area contributed by atoms with Crippen LogP contribution in [0.3, 0.4) is 0 Å². The van der Waals surface area contributed by atoms with Crippen molar-refractivity contribution in [1.29, 1.82) is 0 Å². The van der Waals surface area contributed by atoms with Gasteiger partial charge in [-0.05, 0) is 65.6 Å². The van der Waals surface area contributed by atoms with Gasteiger partial charge in [-0.1, -0.05) is 19.9 Å². The highest BCUT2D eigenvalue weighted by atomic mass is 32.2. The minimum absolute atomic E-state index is 0.248. The zero-order valence-corrected chi connectivity index (χ0v) is 17.4. The zero-order valence-electron chi connectivity index (χ0n) is 15.7. The molecule has 0 saturated heterocycles. The second-order valence-corrected chi connectivity index (χ2v) is 8.71. The molecule has 0 radical (unpaired) electrons. The first-order chi connectivity index (χ1) is 13.7. The number of benzene rings is 1. The molecule has 0 aliphatic carbocycles. The van der Waals surface area contributed by atoms with E-state index in [1.807, 2.05) is 16.8 Å². The van der Waals surface area contributed by atoms with E-state index < -0.39 is 0 Å². The van der Waals surface area contributed by atoms with Crippen LogP contribution in [0.25, 0.3) is 27.9 Å². The van der Waals surface area contributed by atoms with E-state index in [2.05, 4.69) is 43.1 Å². The van der Waals surface area contributed by atoms with Gasteiger partial charge in [-0.25, -0.2) is 13.9 Å². The zero-order chi connectivity index (χ0) is 19.5. The second-order valence-electron chi connectivity index (χ2n) is 6.14. The fourth-order valence-electron chi connectivity index (χ4n) is 3.19. The van der Waals surface area contributed by atoms with E-state index in [-0.39, 0.29) is 5.82 Å². The number of rotatable bonds is 6. The maximum Gasteiger partial charge on any atom is 0.123 e. The monoisotopic (exact) mass is 409 g/mol. The predicted molar refractivity (Wildman–Crippen MR) is 117 cm³/mol. The fourth-order valence-corrected chi connectivity index (χ4v) is 4.56. The van der Waals surface area contributed by atoms with Gasteiger partial charge in [0.1, 0.15) is 11.5 Å². The molecule has 1 aromatic carbocycles. The molecule has 0 unspecified atom stereocenters. The van der Waals surface area contributed by atoms with Gasteiger partial charge in [-0.2, -0.15) is 5.10 Å². The van der Waals surface area contributed by atoms with Crippen LogP contribution in [-0.4, -0.2) is 26.1 Å². The Morgan fingerprint density at radius 3 is 2.46 bits per heavy atom. The topological polar surface area (TPSA) is 30.2 Å². The fraction of sp³-hybridized carbons (Fsp3) is 0.182. The highest BCUT2D eigenvalue weighted by Crippen LogP contribution is 2.37. The molecule has 0 N–H and O–H groups in total. The molecule has 0 fully saturated rings. The average molecular weight is 410 g/mol. The molecule has 0 saturated carbocycles. The van der Waals surface area contributed by atoms with E-state index in [1.165, 1.54) is 12.1 Å². The van der Waals surface area contributed by atoms with Crippen molar-refractivity contribution in [3.05, 3.63) is 66.6 Å². The number of fused-ring (bicyclic) bond motifs is 1. The standard InChI is InChI=1S/C22H20FN3S2/c1-3-27-19-14-16(12-13-24-19)21-18-6-5-7-20(28-4-2)26(18)25-22(21)15-8-10-17(23)11-9-15/h5-14H,3-4H2,1-2H3. The van der Waals surface area contributed by atoms with Crippen LogP contribution in [0.15, 0.2) is 70.8 Å². The summed E-state index contributed by atoms with van der Waals surface area (Å²) in [4.78, 5) is 4.46. The molecule has 0 spiro atoms. The van der Waals surface area contributed by atoms with Gasteiger partial charge in [0.2, 0.25) is 0 Å². The lowest BCUT2D eigenvalue weighted by molar-refractivity contribution is 0.628. The summed E-state index contributed by atoms with van der Waals surface area (Å²) in [6.45, 7) is 4.25. The molecule has 4 aromatic rings. The molecule has 6 heteroatoms. The molecule has 3 heterocycles. The number of halogens is 1. The van der Waals surface area contributed by atoms with Gasteiger partial charge in [0.05, 0.1) is 15.6 Å². The number of aromatic nitrogens is 3. The van der Waals surface area contributed by atoms with Crippen LogP contribution in [0.4, 0.5) is 4.39 Å². The van der Waals surface area contributed by atoms with E-state index in [1.54, 1.807) is 35.7 Å². The lowest BCUT2D eigenvalue weighted by atomic mass is 10.0. The third kappa shape index (κ3) is 3.66. The normalized spacial score (nSPS) is 11.2. The van der Waals surface area contributed by atoms with Crippen molar-refractivity contribution < 1.29 is 4.39 Å². The summed E-state index contributed by atoms with van der Waals surface area (Å²) in [5.74, 6) is 1.68. The Bertz CT molecular complexity index is 1110. The number of thioether (sulfide) groups is 2. The van der Waals surface area contributed by atoms with E-state index in [9.17, 15) is 4.39 Å². The van der Waals surface area contributed by atoms with Crippen molar-refractivity contribution in [1.82, 2.24) is 14.6 Å². The first kappa shape index (κ1) is 19.0. The molecule has 0 aliphatic rings. The minimum Gasteiger partial charge on any atom is -0.250 e. The Hall–Kier alpha value is -2.31. The van der Waals surface area contributed by atoms with Gasteiger partial charge in [0.25, 0.3) is 0 Å². The minimum atomic E-state index is -0.248. The highest BCUT2D eigenvalue weighted by molar-refractivity contribution is 7.99. The number of hydrogen-bond donors (Lipinski definition) is 0. The number of hydrogen-bond acceptors (Lipinski definition) is 4. The molecule has 0 atom stereocenters. The Labute approximate surface area is 172 Å². The van der Waals surface area contributed by atoms with Gasteiger partial charge in [0, 0.05) is 17.3 Å². The van der Waals surface area contributed by atoms with Gasteiger partial charge in [0.15, 0.2) is 0 Å². The maximum atomic E-state index is 13.5. The first-order valence-electron chi connectivity index (χ1n) is 9.21. The van der Waals surface area contributed by atoms with E-state index >= 15 is 0 Å². The van der Waals surface area contributed by atoms with Crippen LogP contribution in [0.5, 0.6) is 0 Å². The summed E-state index contributed by atoms with van der Waals surface area (Å²) in [5.41, 5.74) is 4.90. The van der Waals surface area contributed by atoms with Gasteiger partial charge >= 0.3 is 0 Å². The van der Waals surface area contributed by atoms with Crippen LogP contribution in [0, 0.1) is 5.82 Å². The molecule has 142 valence electrons. The van der Waals surface area contributed by atoms with Crippen molar-refractivity contribution in [2.24, 2.45) is 0 Å². The molecule has 3 nitrogen and oxygen atoms in total. The lowest BCUT2D eigenvalue weighted by Gasteiger charge is -2.06. The predicted octanol–water partition coefficient (Wildman–Crippen LogP) is 6.43. The largest absolute Gasteiger partial charge is 0.250 e. The van der Waals surface area contributed by atoms with E-state index in [0.29, 0.717) is 0 Å². The molecular formula is C22H20FN3S2. The van der Waals surface area contributed by atoms with Crippen LogP contribution in [0.1, 0.15) is 13.8 Å². The maximum absolute atomic E-state index is 13.5. The molecule has 0 aliphatic heterocycles. The molecule has 28 heavy (non-hydrogen) atoms. The van der Waals surface area contributed by atoms with Crippen LogP contribution in [0.2, 0.25) is 0 Å². The summed E-state index contributed by atoms with van der Waals surface area (Å²) in [6.07, 6.45) is 1.84. The second kappa shape index (κ2) is 8.37. The van der Waals surface area contributed by atoms with Gasteiger partial charge in [-0.15, -0.1) is 23.5 Å². The number of pyridine rings is 2. The third-order valence-electron chi connectivity index (χ3n) is 4.35. The smallest absolute Gasteiger partial charge is 0.123 e. The van der Waals surface area contributed by atoms with Crippen molar-refractivity contribution in [2.45, 2.75) is 23.9 Å². The quantitative estimate of drug-likeness (QED) is 0.343. The Kier molecular flexibility index (Phi) is 5.69. The van der Waals surface area contributed by atoms with E-state index in [0.717, 1.165) is 49.5 Å². The van der Waals surface area contributed by atoms with Gasteiger partial charge < -0.3 is 0 Å². The van der Waals surface area contributed by atoms with Crippen LogP contribution in [-0.2, 0) is 0 Å². The Morgan fingerprint density at radius 1 is 0.929 bits per heavy atom. The van der Waals surface area contributed by atoms with Crippen molar-refractivity contribution in [3.8, 4) is 22.4 Å². The van der Waals surface area contributed by atoms with Gasteiger partial charge in [-0.3, -0.25) is 0 Å². The molecule has 0 amide bonds. The summed E-state index contributed by atoms with van der Waals surface area (Å²) in [5, 5.41) is 7.01. The molecule has 4 rings (SSSR count). The Balaban J connectivity index is 1.99. The summed E-state index contributed by atoms with van der Waals surface area (Å²) in [6, 6.07) is 16.9. The van der Waals surface area contributed by atoms with E-state index in [4.69, 9.17) is 5.10 Å². The highest BCUT2D eigenvalue weighted by Gasteiger charge is 2.18.